The average molecular weight is 237 g/mol. The Kier molecular flexibility index (Phi) is 4.95. The molecule has 0 radical (unpaired) electrons. The van der Waals surface area contributed by atoms with Crippen LogP contribution >= 0.6 is 0 Å². The van der Waals surface area contributed by atoms with Gasteiger partial charge >= 0.3 is 0 Å². The Hall–Kier alpha value is -1.08. The summed E-state index contributed by atoms with van der Waals surface area (Å²) in [4.78, 5) is 11.7. The van der Waals surface area contributed by atoms with Crippen LogP contribution in [0.15, 0.2) is 0 Å². The second kappa shape index (κ2) is 6.02. The summed E-state index contributed by atoms with van der Waals surface area (Å²) >= 11 is 0. The van der Waals surface area contributed by atoms with Gasteiger partial charge in [-0.15, -0.1) is 0 Å². The first-order chi connectivity index (χ1) is 7.90. The zero-order chi connectivity index (χ0) is 12.9. The van der Waals surface area contributed by atoms with Crippen LogP contribution in [0.1, 0.15) is 52.9 Å². The van der Waals surface area contributed by atoms with Gasteiger partial charge in [0, 0.05) is 11.6 Å². The van der Waals surface area contributed by atoms with Crippen LogP contribution in [-0.2, 0) is 4.79 Å². The minimum Gasteiger partial charge on any atom is -0.351 e. The van der Waals surface area contributed by atoms with Gasteiger partial charge in [0.2, 0.25) is 5.91 Å². The van der Waals surface area contributed by atoms with Crippen molar-refractivity contribution in [3.8, 4) is 6.07 Å². The van der Waals surface area contributed by atoms with E-state index in [4.69, 9.17) is 5.26 Å². The Morgan fingerprint density at radius 2 is 2.00 bits per heavy atom. The number of rotatable bonds is 4. The van der Waals surface area contributed by atoms with Crippen molar-refractivity contribution in [3.63, 3.8) is 0 Å². The summed E-state index contributed by atoms with van der Waals surface area (Å²) in [5.74, 6) is -0.0606. The van der Waals surface area contributed by atoms with Gasteiger partial charge in [-0.25, -0.2) is 0 Å². The standard InChI is InChI=1S/C13H23N3O/c1-13(2,3)16-12(17)8-11(9-14)15-10-6-4-5-7-10/h10-11,15H,4-8H2,1-3H3,(H,16,17). The summed E-state index contributed by atoms with van der Waals surface area (Å²) in [6.45, 7) is 5.82. The minimum absolute atomic E-state index is 0.0606. The van der Waals surface area contributed by atoms with Crippen molar-refractivity contribution in [2.45, 2.75) is 70.5 Å². The summed E-state index contributed by atoms with van der Waals surface area (Å²) in [6, 6.07) is 2.23. The molecule has 1 aliphatic rings. The Labute approximate surface area is 104 Å². The maximum absolute atomic E-state index is 11.7. The van der Waals surface area contributed by atoms with Crippen molar-refractivity contribution in [2.75, 3.05) is 0 Å². The SMILES string of the molecule is CC(C)(C)NC(=O)CC(C#N)NC1CCCC1. The summed E-state index contributed by atoms with van der Waals surface area (Å²) in [5.41, 5.74) is -0.232. The van der Waals surface area contributed by atoms with Crippen molar-refractivity contribution in [1.29, 1.82) is 5.26 Å². The Morgan fingerprint density at radius 3 is 2.47 bits per heavy atom. The molecule has 0 aromatic heterocycles. The van der Waals surface area contributed by atoms with Gasteiger partial charge in [0.05, 0.1) is 12.5 Å². The van der Waals surface area contributed by atoms with Crippen LogP contribution in [0.3, 0.4) is 0 Å². The summed E-state index contributed by atoms with van der Waals surface area (Å²) in [6.07, 6.45) is 4.94. The van der Waals surface area contributed by atoms with Crippen LogP contribution in [0, 0.1) is 11.3 Å². The van der Waals surface area contributed by atoms with E-state index in [0.29, 0.717) is 6.04 Å². The lowest BCUT2D eigenvalue weighted by atomic mass is 10.1. The molecule has 17 heavy (non-hydrogen) atoms. The minimum atomic E-state index is -0.361. The second-order valence-electron chi connectivity index (χ2n) is 5.83. The van der Waals surface area contributed by atoms with Crippen LogP contribution in [0.25, 0.3) is 0 Å². The first-order valence-electron chi connectivity index (χ1n) is 6.37. The molecule has 0 heterocycles. The van der Waals surface area contributed by atoms with Crippen LogP contribution in [-0.4, -0.2) is 23.5 Å². The van der Waals surface area contributed by atoms with Crippen LogP contribution < -0.4 is 10.6 Å². The van der Waals surface area contributed by atoms with Gasteiger partial charge in [-0.1, -0.05) is 12.8 Å². The third kappa shape index (κ3) is 5.69. The number of amides is 1. The fourth-order valence-electron chi connectivity index (χ4n) is 2.17. The molecule has 0 bridgehead atoms. The first-order valence-corrected chi connectivity index (χ1v) is 6.37. The number of carbonyl (C=O) groups excluding carboxylic acids is 1. The largest absolute Gasteiger partial charge is 0.351 e. The smallest absolute Gasteiger partial charge is 0.223 e. The van der Waals surface area contributed by atoms with Gasteiger partial charge < -0.3 is 5.32 Å². The lowest BCUT2D eigenvalue weighted by Crippen LogP contribution is -2.45. The third-order valence-electron chi connectivity index (χ3n) is 2.85. The van der Waals surface area contributed by atoms with E-state index in [-0.39, 0.29) is 23.9 Å². The lowest BCUT2D eigenvalue weighted by Gasteiger charge is -2.22. The zero-order valence-corrected chi connectivity index (χ0v) is 11.0. The highest BCUT2D eigenvalue weighted by Gasteiger charge is 2.22. The van der Waals surface area contributed by atoms with Crippen LogP contribution in [0.4, 0.5) is 0 Å². The summed E-state index contributed by atoms with van der Waals surface area (Å²) in [7, 11) is 0. The van der Waals surface area contributed by atoms with E-state index in [0.717, 1.165) is 12.8 Å². The molecule has 0 saturated heterocycles. The fraction of sp³-hybridized carbons (Fsp3) is 0.846. The quantitative estimate of drug-likeness (QED) is 0.782. The Bertz CT molecular complexity index is 295. The van der Waals surface area contributed by atoms with E-state index >= 15 is 0 Å². The topological polar surface area (TPSA) is 64.9 Å². The summed E-state index contributed by atoms with van der Waals surface area (Å²) in [5, 5.41) is 15.2. The van der Waals surface area contributed by atoms with Gasteiger partial charge in [-0.05, 0) is 33.6 Å². The molecule has 1 amide bonds. The number of nitriles is 1. The molecule has 0 aromatic rings. The predicted octanol–water partition coefficient (Wildman–Crippen LogP) is 1.72. The third-order valence-corrected chi connectivity index (χ3v) is 2.85. The van der Waals surface area contributed by atoms with Gasteiger partial charge in [-0.2, -0.15) is 5.26 Å². The molecule has 1 unspecified atom stereocenters. The Morgan fingerprint density at radius 1 is 1.41 bits per heavy atom. The molecule has 1 fully saturated rings. The fourth-order valence-corrected chi connectivity index (χ4v) is 2.17. The van der Waals surface area contributed by atoms with E-state index < -0.39 is 0 Å². The number of hydrogen-bond acceptors (Lipinski definition) is 3. The van der Waals surface area contributed by atoms with Crippen molar-refractivity contribution in [3.05, 3.63) is 0 Å². The van der Waals surface area contributed by atoms with Crippen molar-refractivity contribution in [2.24, 2.45) is 0 Å². The average Bonchev–Trinajstić information content (AvgIpc) is 2.66. The van der Waals surface area contributed by atoms with E-state index in [2.05, 4.69) is 16.7 Å². The number of hydrogen-bond donors (Lipinski definition) is 2. The number of carbonyl (C=O) groups is 1. The van der Waals surface area contributed by atoms with Crippen LogP contribution in [0.5, 0.6) is 0 Å². The Balaban J connectivity index is 2.36. The maximum Gasteiger partial charge on any atom is 0.223 e. The van der Waals surface area contributed by atoms with E-state index in [1.165, 1.54) is 12.8 Å². The highest BCUT2D eigenvalue weighted by molar-refractivity contribution is 5.77. The molecule has 0 aliphatic heterocycles. The van der Waals surface area contributed by atoms with Crippen molar-refractivity contribution < 1.29 is 4.79 Å². The molecule has 1 aliphatic carbocycles. The molecule has 0 spiro atoms. The van der Waals surface area contributed by atoms with E-state index in [1.807, 2.05) is 20.8 Å². The zero-order valence-electron chi connectivity index (χ0n) is 11.0. The van der Waals surface area contributed by atoms with Gasteiger partial charge in [0.25, 0.3) is 0 Å². The second-order valence-corrected chi connectivity index (χ2v) is 5.83. The highest BCUT2D eigenvalue weighted by Crippen LogP contribution is 2.18. The number of nitrogens with one attached hydrogen (secondary N) is 2. The highest BCUT2D eigenvalue weighted by atomic mass is 16.1. The monoisotopic (exact) mass is 237 g/mol. The maximum atomic E-state index is 11.7. The molecule has 0 aromatic carbocycles. The van der Waals surface area contributed by atoms with E-state index in [1.54, 1.807) is 0 Å². The molecule has 1 atom stereocenters. The molecular formula is C13H23N3O. The molecule has 4 heteroatoms. The van der Waals surface area contributed by atoms with Gasteiger partial charge in [0.15, 0.2) is 0 Å². The lowest BCUT2D eigenvalue weighted by molar-refractivity contribution is -0.122. The van der Waals surface area contributed by atoms with Gasteiger partial charge in [0.1, 0.15) is 6.04 Å². The molecule has 1 saturated carbocycles. The molecule has 96 valence electrons. The first kappa shape index (κ1) is 14.0. The van der Waals surface area contributed by atoms with Crippen molar-refractivity contribution in [1.82, 2.24) is 10.6 Å². The van der Waals surface area contributed by atoms with Crippen molar-refractivity contribution >= 4 is 5.91 Å². The predicted molar refractivity (Wildman–Crippen MR) is 67.3 cm³/mol. The number of nitrogens with zero attached hydrogens (tertiary/aromatic N) is 1. The molecule has 1 rings (SSSR count). The van der Waals surface area contributed by atoms with E-state index in [9.17, 15) is 4.79 Å². The normalized spacial score (nSPS) is 18.7. The molecular weight excluding hydrogens is 214 g/mol. The van der Waals surface area contributed by atoms with Gasteiger partial charge in [-0.3, -0.25) is 10.1 Å². The summed E-state index contributed by atoms with van der Waals surface area (Å²) < 4.78 is 0. The molecule has 4 nitrogen and oxygen atoms in total. The molecule has 2 N–H and O–H groups in total. The van der Waals surface area contributed by atoms with Crippen LogP contribution in [0.2, 0.25) is 0 Å².